The number of fused-ring (bicyclic) bond motifs is 1. The topological polar surface area (TPSA) is 72.4 Å². The summed E-state index contributed by atoms with van der Waals surface area (Å²) in [5, 5.41) is 9.30. The smallest absolute Gasteiger partial charge is 0.356 e. The van der Waals surface area contributed by atoms with Gasteiger partial charge in [0.1, 0.15) is 11.2 Å². The molecule has 0 atom stereocenters. The molecule has 6 rings (SSSR count). The lowest BCUT2D eigenvalue weighted by molar-refractivity contribution is 0.0691. The van der Waals surface area contributed by atoms with Crippen molar-refractivity contribution in [1.29, 1.82) is 0 Å². The summed E-state index contributed by atoms with van der Waals surface area (Å²) >= 11 is 0. The van der Waals surface area contributed by atoms with Crippen molar-refractivity contribution < 1.29 is 9.90 Å². The Morgan fingerprint density at radius 1 is 0.694 bits per heavy atom. The molecule has 0 aliphatic carbocycles. The second-order valence-electron chi connectivity index (χ2n) is 8.59. The number of carboxylic acid groups (broad SMARTS) is 1. The van der Waals surface area contributed by atoms with Crippen LogP contribution in [-0.4, -0.2) is 30.0 Å². The van der Waals surface area contributed by atoms with E-state index in [9.17, 15) is 9.90 Å². The van der Waals surface area contributed by atoms with Gasteiger partial charge in [-0.1, -0.05) is 91.0 Å². The number of rotatable bonds is 6. The fourth-order valence-electron chi connectivity index (χ4n) is 4.89. The molecule has 0 amide bonds. The molecule has 3 aromatic heterocycles. The van der Waals surface area contributed by atoms with Gasteiger partial charge in [-0.25, -0.2) is 14.8 Å². The molecule has 3 aromatic carbocycles. The fourth-order valence-corrected chi connectivity index (χ4v) is 4.89. The molecular weight excluding hydrogens is 448 g/mol. The molecule has 1 N–H and O–H groups in total. The zero-order valence-electron chi connectivity index (χ0n) is 19.3. The first kappa shape index (κ1) is 21.6. The number of aromatic carboxylic acids is 1. The Morgan fingerprint density at radius 3 is 1.78 bits per heavy atom. The minimum Gasteiger partial charge on any atom is -0.476 e. The van der Waals surface area contributed by atoms with E-state index < -0.39 is 11.5 Å². The van der Waals surface area contributed by atoms with E-state index in [2.05, 4.69) is 82.3 Å². The number of aromatic nitrogens is 4. The van der Waals surface area contributed by atoms with E-state index in [1.54, 1.807) is 10.5 Å². The molecule has 3 heterocycles. The molecule has 0 fully saturated rings. The van der Waals surface area contributed by atoms with Gasteiger partial charge in [0.15, 0.2) is 5.69 Å². The number of nitrogens with zero attached hydrogens (tertiary/aromatic N) is 4. The van der Waals surface area contributed by atoms with Crippen molar-refractivity contribution in [2.45, 2.75) is 5.54 Å². The summed E-state index contributed by atoms with van der Waals surface area (Å²) in [5.74, 6) is -1.05. The summed E-state index contributed by atoms with van der Waals surface area (Å²) in [4.78, 5) is 20.3. The molecule has 0 unspecified atom stereocenters. The van der Waals surface area contributed by atoms with Crippen molar-refractivity contribution >= 4 is 11.6 Å². The molecule has 0 saturated carbocycles. The van der Waals surface area contributed by atoms with Crippen LogP contribution in [-0.2, 0) is 5.54 Å². The van der Waals surface area contributed by atoms with E-state index in [0.717, 1.165) is 27.9 Å². The largest absolute Gasteiger partial charge is 0.476 e. The highest BCUT2D eigenvalue weighted by molar-refractivity contribution is 5.86. The molecule has 0 aliphatic heterocycles. The number of carbonyl (C=O) groups is 1. The van der Waals surface area contributed by atoms with E-state index in [-0.39, 0.29) is 5.69 Å². The maximum atomic E-state index is 11.4. The second-order valence-corrected chi connectivity index (χ2v) is 8.59. The lowest BCUT2D eigenvalue weighted by atomic mass is 9.77. The minimum atomic E-state index is -1.05. The molecule has 0 spiro atoms. The van der Waals surface area contributed by atoms with Crippen molar-refractivity contribution in [3.63, 3.8) is 0 Å². The highest BCUT2D eigenvalue weighted by Crippen LogP contribution is 2.41. The maximum absolute atomic E-state index is 11.4. The lowest BCUT2D eigenvalue weighted by Crippen LogP contribution is -2.36. The molecule has 0 bridgehead atoms. The van der Waals surface area contributed by atoms with Gasteiger partial charge in [-0.15, -0.1) is 0 Å². The van der Waals surface area contributed by atoms with Crippen LogP contribution < -0.4 is 0 Å². The Balaban J connectivity index is 1.57. The average Bonchev–Trinajstić information content (AvgIpc) is 3.59. The van der Waals surface area contributed by atoms with Gasteiger partial charge in [0, 0.05) is 24.2 Å². The number of hydrogen-bond donors (Lipinski definition) is 1. The maximum Gasteiger partial charge on any atom is 0.356 e. The Bertz CT molecular complexity index is 1560. The third-order valence-corrected chi connectivity index (χ3v) is 6.51. The van der Waals surface area contributed by atoms with Crippen LogP contribution in [0.4, 0.5) is 0 Å². The van der Waals surface area contributed by atoms with Crippen LogP contribution in [0.5, 0.6) is 0 Å². The molecule has 174 valence electrons. The SMILES string of the molecule is O=C(O)c1cn2cc(-c3cn(C(c4ccccc4)(c4ccccc4)c4ccccc4)cn3)ccc2n1. The van der Waals surface area contributed by atoms with E-state index >= 15 is 0 Å². The van der Waals surface area contributed by atoms with Crippen molar-refractivity contribution in [2.75, 3.05) is 0 Å². The summed E-state index contributed by atoms with van der Waals surface area (Å²) in [5.41, 5.74) is 4.91. The van der Waals surface area contributed by atoms with Crippen molar-refractivity contribution in [3.8, 4) is 11.3 Å². The van der Waals surface area contributed by atoms with Crippen LogP contribution in [0.25, 0.3) is 16.9 Å². The third kappa shape index (κ3) is 3.47. The van der Waals surface area contributed by atoms with Gasteiger partial charge in [-0.2, -0.15) is 0 Å². The Morgan fingerprint density at radius 2 is 1.25 bits per heavy atom. The van der Waals surface area contributed by atoms with Gasteiger partial charge < -0.3 is 14.1 Å². The van der Waals surface area contributed by atoms with E-state index in [1.807, 2.05) is 43.0 Å². The van der Waals surface area contributed by atoms with Gasteiger partial charge in [0.05, 0.1) is 12.0 Å². The van der Waals surface area contributed by atoms with E-state index in [1.165, 1.54) is 6.20 Å². The zero-order valence-corrected chi connectivity index (χ0v) is 19.3. The highest BCUT2D eigenvalue weighted by Gasteiger charge is 2.38. The molecule has 6 heteroatoms. The third-order valence-electron chi connectivity index (χ3n) is 6.51. The second kappa shape index (κ2) is 8.67. The van der Waals surface area contributed by atoms with Crippen molar-refractivity contribution in [2.24, 2.45) is 0 Å². The lowest BCUT2D eigenvalue weighted by Gasteiger charge is -2.37. The van der Waals surface area contributed by atoms with Crippen LogP contribution in [0.1, 0.15) is 27.2 Å². The van der Waals surface area contributed by atoms with Crippen LogP contribution in [0, 0.1) is 0 Å². The summed E-state index contributed by atoms with van der Waals surface area (Å²) < 4.78 is 3.87. The van der Waals surface area contributed by atoms with Crippen LogP contribution >= 0.6 is 0 Å². The fraction of sp³-hybridized carbons (Fsp3) is 0.0333. The Kier molecular flexibility index (Phi) is 5.19. The van der Waals surface area contributed by atoms with Crippen LogP contribution in [0.15, 0.2) is 128 Å². The number of pyridine rings is 1. The number of carboxylic acids is 1. The summed E-state index contributed by atoms with van der Waals surface area (Å²) in [6, 6.07) is 35.0. The molecular formula is C30H22N4O2. The van der Waals surface area contributed by atoms with Crippen LogP contribution in [0.2, 0.25) is 0 Å². The predicted octanol–water partition coefficient (Wildman–Crippen LogP) is 5.74. The quantitative estimate of drug-likeness (QED) is 0.315. The normalized spacial score (nSPS) is 11.6. The molecule has 0 saturated heterocycles. The van der Waals surface area contributed by atoms with E-state index in [0.29, 0.717) is 5.65 Å². The van der Waals surface area contributed by atoms with Crippen LogP contribution in [0.3, 0.4) is 0 Å². The number of benzene rings is 3. The van der Waals surface area contributed by atoms with Gasteiger partial charge in [0.25, 0.3) is 0 Å². The molecule has 36 heavy (non-hydrogen) atoms. The van der Waals surface area contributed by atoms with E-state index in [4.69, 9.17) is 4.98 Å². The Hall–Kier alpha value is -4.97. The summed E-state index contributed by atoms with van der Waals surface area (Å²) in [7, 11) is 0. The first-order valence-electron chi connectivity index (χ1n) is 11.6. The molecule has 6 nitrogen and oxygen atoms in total. The summed E-state index contributed by atoms with van der Waals surface area (Å²) in [6.07, 6.45) is 7.28. The van der Waals surface area contributed by atoms with Gasteiger partial charge in [-0.3, -0.25) is 0 Å². The van der Waals surface area contributed by atoms with Crippen molar-refractivity contribution in [3.05, 3.63) is 150 Å². The first-order chi connectivity index (χ1) is 17.7. The van der Waals surface area contributed by atoms with Crippen molar-refractivity contribution in [1.82, 2.24) is 18.9 Å². The summed E-state index contributed by atoms with van der Waals surface area (Å²) in [6.45, 7) is 0. The minimum absolute atomic E-state index is 0.00827. The monoisotopic (exact) mass is 470 g/mol. The molecule has 0 radical (unpaired) electrons. The molecule has 0 aliphatic rings. The van der Waals surface area contributed by atoms with Gasteiger partial charge in [0.2, 0.25) is 0 Å². The highest BCUT2D eigenvalue weighted by atomic mass is 16.4. The predicted molar refractivity (Wildman–Crippen MR) is 138 cm³/mol. The molecule has 6 aromatic rings. The Labute approximate surface area is 207 Å². The van der Waals surface area contributed by atoms with Gasteiger partial charge in [-0.05, 0) is 28.8 Å². The standard InChI is InChI=1S/C30H22N4O2/c35-29(36)27-19-33-18-22(16-17-28(33)32-27)26-20-34(21-31-26)30(23-10-4-1-5-11-23,24-12-6-2-7-13-24)25-14-8-3-9-15-25/h1-21H,(H,35,36). The number of hydrogen-bond acceptors (Lipinski definition) is 3. The average molecular weight is 471 g/mol. The first-order valence-corrected chi connectivity index (χ1v) is 11.6. The zero-order chi connectivity index (χ0) is 24.5. The van der Waals surface area contributed by atoms with Gasteiger partial charge >= 0.3 is 5.97 Å². The number of imidazole rings is 2.